The summed E-state index contributed by atoms with van der Waals surface area (Å²) in [6.45, 7) is 2.57. The zero-order valence-corrected chi connectivity index (χ0v) is 11.3. The minimum absolute atomic E-state index is 0.0119. The van der Waals surface area contributed by atoms with Crippen molar-refractivity contribution in [3.8, 4) is 11.8 Å². The molecule has 0 spiro atoms. The molecule has 1 rings (SSSR count). The number of nitriles is 1. The molecule has 0 radical (unpaired) electrons. The number of para-hydroxylation sites is 1. The zero-order chi connectivity index (χ0) is 14.1. The third-order valence-electron chi connectivity index (χ3n) is 2.73. The Balaban J connectivity index is 2.45. The largest absolute Gasteiger partial charge is 0.496 e. The summed E-state index contributed by atoms with van der Waals surface area (Å²) in [4.78, 5) is 11.5. The Morgan fingerprint density at radius 3 is 2.89 bits per heavy atom. The van der Waals surface area contributed by atoms with Crippen LogP contribution in [0.4, 0.5) is 0 Å². The highest BCUT2D eigenvalue weighted by Gasteiger charge is 2.11. The first-order valence-electron chi connectivity index (χ1n) is 6.19. The van der Waals surface area contributed by atoms with Crippen LogP contribution in [0.15, 0.2) is 24.3 Å². The molecule has 0 aromatic heterocycles. The van der Waals surface area contributed by atoms with Crippen molar-refractivity contribution >= 4 is 5.91 Å². The topological polar surface area (TPSA) is 74.2 Å². The molecular weight excluding hydrogens is 242 g/mol. The molecule has 19 heavy (non-hydrogen) atoms. The summed E-state index contributed by atoms with van der Waals surface area (Å²) in [5.74, 6) is 0.685. The van der Waals surface area contributed by atoms with Crippen LogP contribution in [0.25, 0.3) is 0 Å². The maximum absolute atomic E-state index is 11.5. The van der Waals surface area contributed by atoms with Gasteiger partial charge in [-0.3, -0.25) is 4.79 Å². The van der Waals surface area contributed by atoms with Crippen LogP contribution in [-0.4, -0.2) is 26.1 Å². The molecule has 0 heterocycles. The van der Waals surface area contributed by atoms with E-state index < -0.39 is 0 Å². The Hall–Kier alpha value is -2.06. The Morgan fingerprint density at radius 2 is 2.21 bits per heavy atom. The monoisotopic (exact) mass is 261 g/mol. The van der Waals surface area contributed by atoms with Gasteiger partial charge in [0.15, 0.2) is 0 Å². The Kier molecular flexibility index (Phi) is 6.41. The van der Waals surface area contributed by atoms with Crippen LogP contribution in [-0.2, 0) is 4.79 Å². The fraction of sp³-hybridized carbons (Fsp3) is 0.429. The maximum Gasteiger partial charge on any atom is 0.234 e. The van der Waals surface area contributed by atoms with Crippen molar-refractivity contribution in [2.24, 2.45) is 0 Å². The number of carbonyl (C=O) groups is 1. The molecule has 2 N–H and O–H groups in total. The van der Waals surface area contributed by atoms with E-state index in [2.05, 4.69) is 10.6 Å². The standard InChI is InChI=1S/C14H19N3O2/c1-11(12-6-3-4-7-13(12)19-2)17-10-14(18)16-9-5-8-15/h3-4,6-7,11,17H,5,9-10H2,1-2H3,(H,16,18)/t11-/m1/s1. The van der Waals surface area contributed by atoms with Crippen LogP contribution in [0.2, 0.25) is 0 Å². The molecule has 0 fully saturated rings. The number of hydrogen-bond donors (Lipinski definition) is 2. The van der Waals surface area contributed by atoms with Gasteiger partial charge in [0.1, 0.15) is 5.75 Å². The van der Waals surface area contributed by atoms with Crippen LogP contribution < -0.4 is 15.4 Å². The lowest BCUT2D eigenvalue weighted by Gasteiger charge is -2.16. The van der Waals surface area contributed by atoms with Crippen molar-refractivity contribution in [2.75, 3.05) is 20.2 Å². The van der Waals surface area contributed by atoms with Crippen LogP contribution in [0.1, 0.15) is 24.9 Å². The first-order valence-corrected chi connectivity index (χ1v) is 6.19. The fourth-order valence-electron chi connectivity index (χ4n) is 1.70. The maximum atomic E-state index is 11.5. The number of ether oxygens (including phenoxy) is 1. The molecule has 0 saturated heterocycles. The highest BCUT2D eigenvalue weighted by Crippen LogP contribution is 2.23. The molecule has 5 heteroatoms. The van der Waals surface area contributed by atoms with Gasteiger partial charge < -0.3 is 15.4 Å². The summed E-state index contributed by atoms with van der Waals surface area (Å²) >= 11 is 0. The van der Waals surface area contributed by atoms with E-state index in [1.807, 2.05) is 37.3 Å². The number of methoxy groups -OCH3 is 1. The van der Waals surface area contributed by atoms with Gasteiger partial charge in [0.2, 0.25) is 5.91 Å². The zero-order valence-electron chi connectivity index (χ0n) is 11.3. The number of carbonyl (C=O) groups excluding carboxylic acids is 1. The summed E-state index contributed by atoms with van der Waals surface area (Å²) in [5.41, 5.74) is 1.01. The average Bonchev–Trinajstić information content (AvgIpc) is 2.45. The Bertz CT molecular complexity index is 454. The van der Waals surface area contributed by atoms with E-state index >= 15 is 0 Å². The van der Waals surface area contributed by atoms with Gasteiger partial charge >= 0.3 is 0 Å². The molecule has 0 bridgehead atoms. The normalized spacial score (nSPS) is 11.4. The number of nitrogens with zero attached hydrogens (tertiary/aromatic N) is 1. The van der Waals surface area contributed by atoms with E-state index in [0.717, 1.165) is 11.3 Å². The van der Waals surface area contributed by atoms with Crippen molar-refractivity contribution in [2.45, 2.75) is 19.4 Å². The molecular formula is C14H19N3O2. The van der Waals surface area contributed by atoms with E-state index in [4.69, 9.17) is 10.00 Å². The minimum Gasteiger partial charge on any atom is -0.496 e. The molecule has 1 atom stereocenters. The van der Waals surface area contributed by atoms with Crippen molar-refractivity contribution in [1.29, 1.82) is 5.26 Å². The molecule has 0 aliphatic carbocycles. The Labute approximate surface area is 113 Å². The number of benzene rings is 1. The van der Waals surface area contributed by atoms with Gasteiger partial charge in [-0.2, -0.15) is 5.26 Å². The molecule has 1 aromatic carbocycles. The first-order chi connectivity index (χ1) is 9.19. The van der Waals surface area contributed by atoms with Crippen LogP contribution >= 0.6 is 0 Å². The van der Waals surface area contributed by atoms with E-state index in [1.54, 1.807) is 7.11 Å². The van der Waals surface area contributed by atoms with Gasteiger partial charge in [-0.15, -0.1) is 0 Å². The number of hydrogen-bond acceptors (Lipinski definition) is 4. The van der Waals surface area contributed by atoms with E-state index in [-0.39, 0.29) is 18.5 Å². The van der Waals surface area contributed by atoms with Crippen LogP contribution in [0, 0.1) is 11.3 Å². The molecule has 0 unspecified atom stereocenters. The number of rotatable bonds is 7. The van der Waals surface area contributed by atoms with Crippen molar-refractivity contribution < 1.29 is 9.53 Å². The quantitative estimate of drug-likeness (QED) is 0.727. The second-order valence-corrected chi connectivity index (χ2v) is 4.10. The predicted octanol–water partition coefficient (Wildman–Crippen LogP) is 1.38. The van der Waals surface area contributed by atoms with Gasteiger partial charge in [-0.1, -0.05) is 18.2 Å². The average molecular weight is 261 g/mol. The molecule has 102 valence electrons. The van der Waals surface area contributed by atoms with E-state index in [1.165, 1.54) is 0 Å². The smallest absolute Gasteiger partial charge is 0.234 e. The fourth-order valence-corrected chi connectivity index (χ4v) is 1.70. The summed E-state index contributed by atoms with van der Waals surface area (Å²) in [7, 11) is 1.63. The minimum atomic E-state index is -0.114. The van der Waals surface area contributed by atoms with Gasteiger partial charge in [-0.25, -0.2) is 0 Å². The second kappa shape index (κ2) is 8.11. The summed E-state index contributed by atoms with van der Waals surface area (Å²) < 4.78 is 5.28. The molecule has 5 nitrogen and oxygen atoms in total. The molecule has 0 aliphatic rings. The third-order valence-corrected chi connectivity index (χ3v) is 2.73. The van der Waals surface area contributed by atoms with Gasteiger partial charge in [-0.05, 0) is 13.0 Å². The van der Waals surface area contributed by atoms with Gasteiger partial charge in [0.05, 0.1) is 26.1 Å². The molecule has 1 amide bonds. The van der Waals surface area contributed by atoms with Crippen molar-refractivity contribution in [3.63, 3.8) is 0 Å². The molecule has 0 aliphatic heterocycles. The van der Waals surface area contributed by atoms with Gasteiger partial charge in [0.25, 0.3) is 0 Å². The Morgan fingerprint density at radius 1 is 1.47 bits per heavy atom. The molecule has 1 aromatic rings. The molecule has 0 saturated carbocycles. The summed E-state index contributed by atoms with van der Waals surface area (Å²) in [5, 5.41) is 14.2. The second-order valence-electron chi connectivity index (χ2n) is 4.10. The lowest BCUT2D eigenvalue weighted by molar-refractivity contribution is -0.120. The van der Waals surface area contributed by atoms with Gasteiger partial charge in [0, 0.05) is 18.2 Å². The van der Waals surface area contributed by atoms with Crippen LogP contribution in [0.5, 0.6) is 5.75 Å². The van der Waals surface area contributed by atoms with Crippen molar-refractivity contribution in [3.05, 3.63) is 29.8 Å². The highest BCUT2D eigenvalue weighted by molar-refractivity contribution is 5.78. The number of amides is 1. The van der Waals surface area contributed by atoms with E-state index in [0.29, 0.717) is 13.0 Å². The highest BCUT2D eigenvalue weighted by atomic mass is 16.5. The lowest BCUT2D eigenvalue weighted by atomic mass is 10.1. The summed E-state index contributed by atoms with van der Waals surface area (Å²) in [6.07, 6.45) is 0.327. The predicted molar refractivity (Wildman–Crippen MR) is 72.7 cm³/mol. The number of nitrogens with one attached hydrogen (secondary N) is 2. The summed E-state index contributed by atoms with van der Waals surface area (Å²) in [6, 6.07) is 9.68. The first kappa shape index (κ1) is 15.0. The van der Waals surface area contributed by atoms with E-state index in [9.17, 15) is 4.79 Å². The SMILES string of the molecule is COc1ccccc1[C@@H](C)NCC(=O)NCCC#N. The van der Waals surface area contributed by atoms with Crippen molar-refractivity contribution in [1.82, 2.24) is 10.6 Å². The third kappa shape index (κ3) is 4.98. The van der Waals surface area contributed by atoms with Crippen LogP contribution in [0.3, 0.4) is 0 Å². The lowest BCUT2D eigenvalue weighted by Crippen LogP contribution is -2.35.